The van der Waals surface area contributed by atoms with Gasteiger partial charge < -0.3 is 45.2 Å². The first-order valence-corrected chi connectivity index (χ1v) is 16.8. The number of carboxylic acid groups (broad SMARTS) is 1. The van der Waals surface area contributed by atoms with Gasteiger partial charge in [0.25, 0.3) is 11.5 Å². The molecule has 310 valence electrons. The van der Waals surface area contributed by atoms with Crippen molar-refractivity contribution < 1.29 is 69.6 Å². The molecular weight excluding hydrogens is 818 g/mol. The van der Waals surface area contributed by atoms with Gasteiger partial charge in [-0.1, -0.05) is 11.6 Å². The minimum atomic E-state index is -5.40. The standard InChI is InChI=1S/C36H30ClF4N7O11/c1-55-28-22(11-10-21(26(28)38)59-36(39,40)41)58-23-12-18(37)24(29(56-2)25(23)34(54)57-3)20(49)9-8-19(33(52)53)46-31(50)15-4-6-16(7-5-15)43-13-17-14-44-30-27(45-17)32(51)48-35(42)47-30/h4-7,10-12,14,19,43H,8-9,13H2,1-3H3,(H,46,50)(H,52,53)(H3,42,44,47,48,51)/t19-/m0/s1/i1D3. The van der Waals surface area contributed by atoms with Gasteiger partial charge >= 0.3 is 18.3 Å². The largest absolute Gasteiger partial charge is 0.573 e. The summed E-state index contributed by atoms with van der Waals surface area (Å²) in [5.41, 5.74) is 4.68. The van der Waals surface area contributed by atoms with Crippen molar-refractivity contribution in [1.29, 1.82) is 0 Å². The van der Waals surface area contributed by atoms with Crippen molar-refractivity contribution in [3.63, 3.8) is 0 Å². The van der Waals surface area contributed by atoms with Crippen LogP contribution in [0.15, 0.2) is 53.5 Å². The second-order valence-corrected chi connectivity index (χ2v) is 12.2. The van der Waals surface area contributed by atoms with Crippen molar-refractivity contribution in [2.45, 2.75) is 31.8 Å². The summed E-state index contributed by atoms with van der Waals surface area (Å²) in [6, 6.07) is 6.00. The highest BCUT2D eigenvalue weighted by molar-refractivity contribution is 6.35. The Morgan fingerprint density at radius 3 is 2.37 bits per heavy atom. The first-order valence-electron chi connectivity index (χ1n) is 17.9. The smallest absolute Gasteiger partial charge is 0.495 e. The number of benzene rings is 3. The molecule has 0 aliphatic heterocycles. The Bertz CT molecular complexity index is 2620. The van der Waals surface area contributed by atoms with Crippen molar-refractivity contribution in [2.24, 2.45) is 0 Å². The third-order valence-electron chi connectivity index (χ3n) is 8.01. The van der Waals surface area contributed by atoms with Gasteiger partial charge in [-0.3, -0.25) is 19.4 Å². The van der Waals surface area contributed by atoms with Crippen LogP contribution in [0.2, 0.25) is 5.02 Å². The fourth-order valence-corrected chi connectivity index (χ4v) is 5.64. The first-order chi connectivity index (χ1) is 29.1. The number of alkyl halides is 3. The van der Waals surface area contributed by atoms with Crippen molar-refractivity contribution in [2.75, 3.05) is 32.3 Å². The van der Waals surface area contributed by atoms with Gasteiger partial charge in [0, 0.05) is 23.7 Å². The monoisotopic (exact) mass is 850 g/mol. The zero-order valence-corrected chi connectivity index (χ0v) is 30.9. The van der Waals surface area contributed by atoms with Crippen LogP contribution in [0.3, 0.4) is 0 Å². The number of aromatic amines is 1. The number of aromatic nitrogens is 4. The average molecular weight is 851 g/mol. The predicted octanol–water partition coefficient (Wildman–Crippen LogP) is 5.04. The van der Waals surface area contributed by atoms with Gasteiger partial charge in [-0.15, -0.1) is 13.2 Å². The Labute approximate surface area is 337 Å². The summed E-state index contributed by atoms with van der Waals surface area (Å²) in [4.78, 5) is 78.6. The summed E-state index contributed by atoms with van der Waals surface area (Å²) in [6.07, 6.45) is -5.17. The molecule has 0 saturated carbocycles. The van der Waals surface area contributed by atoms with Crippen LogP contribution in [0.25, 0.3) is 11.2 Å². The van der Waals surface area contributed by atoms with Crippen LogP contribution in [-0.2, 0) is 16.1 Å². The number of nitrogens with two attached hydrogens (primary N) is 1. The van der Waals surface area contributed by atoms with Crippen molar-refractivity contribution in [1.82, 2.24) is 25.3 Å². The number of methoxy groups -OCH3 is 3. The molecule has 1 amide bonds. The molecule has 0 bridgehead atoms. The summed E-state index contributed by atoms with van der Waals surface area (Å²) >= 11 is 6.42. The first kappa shape index (κ1) is 38.6. The molecule has 5 rings (SSSR count). The van der Waals surface area contributed by atoms with E-state index in [0.717, 1.165) is 20.3 Å². The van der Waals surface area contributed by atoms with Crippen LogP contribution in [-0.4, -0.2) is 82.3 Å². The van der Waals surface area contributed by atoms with Crippen LogP contribution in [0.4, 0.5) is 29.2 Å². The predicted molar refractivity (Wildman–Crippen MR) is 198 cm³/mol. The molecule has 2 aromatic heterocycles. The van der Waals surface area contributed by atoms with Gasteiger partial charge in [0.05, 0.1) is 54.4 Å². The molecule has 0 radical (unpaired) electrons. The molecule has 1 atom stereocenters. The third kappa shape index (κ3) is 10.0. The van der Waals surface area contributed by atoms with E-state index in [1.54, 1.807) is 0 Å². The lowest BCUT2D eigenvalue weighted by atomic mass is 9.98. The highest BCUT2D eigenvalue weighted by Gasteiger charge is 2.35. The summed E-state index contributed by atoms with van der Waals surface area (Å²) in [5.74, 6) is -11.7. The van der Waals surface area contributed by atoms with Gasteiger partial charge in [0.1, 0.15) is 23.1 Å². The minimum Gasteiger partial charge on any atom is -0.495 e. The third-order valence-corrected chi connectivity index (χ3v) is 8.31. The normalized spacial score (nSPS) is 12.6. The number of carboxylic acids is 1. The van der Waals surface area contributed by atoms with Gasteiger partial charge in [0.2, 0.25) is 17.5 Å². The SMILES string of the molecule is [2H]C([2H])([2H])Oc1c(Oc2cc(Cl)c(C(=O)CC[C@H](NC(=O)c3ccc(NCc4cnc5nc(N)[nH]c(=O)c5n4)cc3)C(=O)O)c(OC)c2C(=O)OC)ccc(OC(F)(F)F)c1F. The number of rotatable bonds is 16. The maximum absolute atomic E-state index is 15.2. The van der Waals surface area contributed by atoms with E-state index < -0.39 is 112 Å². The number of nitrogens with one attached hydrogen (secondary N) is 3. The van der Waals surface area contributed by atoms with Gasteiger partial charge in [-0.05, 0) is 42.8 Å². The molecule has 3 aromatic carbocycles. The number of anilines is 2. The Morgan fingerprint density at radius 1 is 1.02 bits per heavy atom. The van der Waals surface area contributed by atoms with Crippen LogP contribution < -0.4 is 40.9 Å². The number of nitrogen functional groups attached to an aromatic ring is 1. The molecule has 0 aliphatic rings. The molecule has 6 N–H and O–H groups in total. The van der Waals surface area contributed by atoms with Gasteiger partial charge in [-0.25, -0.2) is 19.6 Å². The topological polar surface area (TPSA) is 256 Å². The molecule has 18 nitrogen and oxygen atoms in total. The summed E-state index contributed by atoms with van der Waals surface area (Å²) < 4.78 is 99.7. The number of halogens is 5. The van der Waals surface area contributed by atoms with Crippen molar-refractivity contribution in [3.8, 4) is 28.7 Å². The van der Waals surface area contributed by atoms with Gasteiger partial charge in [-0.2, -0.15) is 9.37 Å². The van der Waals surface area contributed by atoms with Crippen molar-refractivity contribution >= 4 is 58.0 Å². The molecule has 0 saturated heterocycles. The number of H-pyrrole nitrogens is 1. The average Bonchev–Trinajstić information content (AvgIpc) is 3.19. The van der Waals surface area contributed by atoms with E-state index in [1.165, 1.54) is 30.5 Å². The summed E-state index contributed by atoms with van der Waals surface area (Å²) in [6.45, 7) is 0.111. The molecule has 0 fully saturated rings. The van der Waals surface area contributed by atoms with E-state index in [0.29, 0.717) is 23.5 Å². The van der Waals surface area contributed by atoms with Crippen LogP contribution in [0.1, 0.15) is 53.7 Å². The number of ketones is 1. The summed E-state index contributed by atoms with van der Waals surface area (Å²) in [5, 5.41) is 14.7. The van der Waals surface area contributed by atoms with Crippen LogP contribution in [0, 0.1) is 5.82 Å². The van der Waals surface area contributed by atoms with Crippen LogP contribution in [0.5, 0.6) is 28.7 Å². The number of carbonyl (C=O) groups is 4. The van der Waals surface area contributed by atoms with E-state index in [1.807, 2.05) is 0 Å². The Kier molecular flexibility index (Phi) is 11.7. The maximum atomic E-state index is 15.2. The Morgan fingerprint density at radius 2 is 1.73 bits per heavy atom. The second-order valence-electron chi connectivity index (χ2n) is 11.8. The Hall–Kier alpha value is -7.23. The molecule has 0 aliphatic carbocycles. The number of aliphatic carboxylic acids is 1. The zero-order valence-electron chi connectivity index (χ0n) is 33.2. The number of hydrogen-bond acceptors (Lipinski definition) is 15. The number of esters is 1. The van der Waals surface area contributed by atoms with E-state index >= 15 is 4.39 Å². The van der Waals surface area contributed by atoms with E-state index in [9.17, 15) is 42.3 Å². The number of fused-ring (bicyclic) bond motifs is 1. The fraction of sp³-hybridized carbons (Fsp3) is 0.222. The van der Waals surface area contributed by atoms with E-state index in [4.69, 9.17) is 35.7 Å². The number of ether oxygens (including phenoxy) is 5. The van der Waals surface area contributed by atoms with E-state index in [2.05, 4.69) is 40.0 Å². The molecule has 59 heavy (non-hydrogen) atoms. The number of carbonyl (C=O) groups excluding carboxylic acids is 3. The fourth-order valence-electron chi connectivity index (χ4n) is 5.35. The summed E-state index contributed by atoms with van der Waals surface area (Å²) in [7, 11) is -1.56. The highest BCUT2D eigenvalue weighted by atomic mass is 35.5. The lowest BCUT2D eigenvalue weighted by Gasteiger charge is -2.20. The van der Waals surface area contributed by atoms with E-state index in [-0.39, 0.29) is 29.2 Å². The lowest BCUT2D eigenvalue weighted by molar-refractivity contribution is -0.275. The maximum Gasteiger partial charge on any atom is 0.573 e. The van der Waals surface area contributed by atoms with Crippen molar-refractivity contribution in [3.05, 3.63) is 92.2 Å². The van der Waals surface area contributed by atoms with Gasteiger partial charge in [0.15, 0.2) is 28.4 Å². The molecule has 23 heteroatoms. The lowest BCUT2D eigenvalue weighted by Crippen LogP contribution is -2.41. The minimum absolute atomic E-state index is 0.0241. The number of nitrogens with zero attached hydrogens (tertiary/aromatic N) is 3. The Balaban J connectivity index is 1.32. The van der Waals surface area contributed by atoms with Crippen LogP contribution >= 0.6 is 11.6 Å². The number of Topliss-reactive ketones (excluding diaryl/α,β-unsaturated/α-hetero) is 1. The second kappa shape index (κ2) is 17.9. The quantitative estimate of drug-likeness (QED) is 0.0495. The molecule has 0 unspecified atom stereocenters. The molecule has 2 heterocycles. The highest BCUT2D eigenvalue weighted by Crippen LogP contribution is 2.45. The number of amides is 1. The molecule has 0 spiro atoms. The molecule has 5 aromatic rings. The molecular formula is C36H30ClF4N7O11. The number of hydrogen-bond donors (Lipinski definition) is 5. The zero-order chi connectivity index (χ0) is 45.7.